The zero-order chi connectivity index (χ0) is 18.8. The van der Waals surface area contributed by atoms with Crippen molar-refractivity contribution >= 4 is 28.9 Å². The summed E-state index contributed by atoms with van der Waals surface area (Å²) < 4.78 is 0. The number of amides is 1. The van der Waals surface area contributed by atoms with Gasteiger partial charge in [-0.1, -0.05) is 18.2 Å². The molecule has 26 heavy (non-hydrogen) atoms. The Morgan fingerprint density at radius 3 is 2.23 bits per heavy atom. The van der Waals surface area contributed by atoms with E-state index in [1.165, 1.54) is 0 Å². The molecule has 8 nitrogen and oxygen atoms in total. The summed E-state index contributed by atoms with van der Waals surface area (Å²) >= 11 is 0. The van der Waals surface area contributed by atoms with Crippen molar-refractivity contribution in [1.29, 1.82) is 0 Å². The number of aliphatic carboxylic acids is 1. The fourth-order valence-electron chi connectivity index (χ4n) is 2.22. The second kappa shape index (κ2) is 10.0. The van der Waals surface area contributed by atoms with Gasteiger partial charge in [0, 0.05) is 5.69 Å². The minimum absolute atomic E-state index is 0.169. The van der Waals surface area contributed by atoms with Crippen LogP contribution in [0.15, 0.2) is 64.8 Å². The minimum atomic E-state index is -1.26. The molecule has 0 aromatic heterocycles. The third kappa shape index (κ3) is 6.42. The molecule has 8 heteroatoms. The molecule has 0 radical (unpaired) electrons. The van der Waals surface area contributed by atoms with E-state index >= 15 is 0 Å². The van der Waals surface area contributed by atoms with E-state index < -0.39 is 17.9 Å². The zero-order valence-corrected chi connectivity index (χ0v) is 14.3. The molecule has 1 atom stereocenters. The molecule has 0 bridgehead atoms. The monoisotopic (exact) mass is 356 g/mol. The van der Waals surface area contributed by atoms with E-state index in [0.717, 1.165) is 5.69 Å². The van der Waals surface area contributed by atoms with E-state index in [9.17, 15) is 14.7 Å². The molecule has 0 saturated heterocycles. The standard InChI is InChI=1S/C18H21N5O3/c19-10-11-20-16(18(25)26)12-17(24)21-13-6-8-15(9-7-13)23-22-14-4-2-1-3-5-14/h1-9,16,20H,10-12,19H2,(H,21,24)(H,25,26)/p+1/t16-/m1/s1. The van der Waals surface area contributed by atoms with Gasteiger partial charge in [-0.2, -0.15) is 10.2 Å². The number of rotatable bonds is 9. The molecule has 0 aliphatic rings. The summed E-state index contributed by atoms with van der Waals surface area (Å²) in [6, 6.07) is 15.2. The van der Waals surface area contributed by atoms with Crippen LogP contribution < -0.4 is 21.5 Å². The Hall–Kier alpha value is -3.10. The highest BCUT2D eigenvalue weighted by Crippen LogP contribution is 2.20. The zero-order valence-electron chi connectivity index (χ0n) is 14.3. The Labute approximate surface area is 151 Å². The number of hydrogen-bond acceptors (Lipinski definition) is 5. The first kappa shape index (κ1) is 19.2. The van der Waals surface area contributed by atoms with Gasteiger partial charge in [-0.15, -0.1) is 0 Å². The summed E-state index contributed by atoms with van der Waals surface area (Å²) in [7, 11) is 0. The number of azo groups is 1. The van der Waals surface area contributed by atoms with Crippen LogP contribution in [0.4, 0.5) is 17.1 Å². The van der Waals surface area contributed by atoms with Crippen LogP contribution in [0.1, 0.15) is 6.42 Å². The smallest absolute Gasteiger partial charge is 0.230 e. The Bertz CT molecular complexity index is 747. The molecule has 0 aliphatic heterocycles. The first-order chi connectivity index (χ1) is 12.6. The number of benzene rings is 2. The predicted octanol–water partition coefficient (Wildman–Crippen LogP) is -0.646. The Kier molecular flexibility index (Phi) is 7.41. The van der Waals surface area contributed by atoms with Crippen LogP contribution in [0.2, 0.25) is 0 Å². The summed E-state index contributed by atoms with van der Waals surface area (Å²) in [6.45, 7) is 1.09. The van der Waals surface area contributed by atoms with Crippen LogP contribution in [0.3, 0.4) is 0 Å². The number of anilines is 1. The Morgan fingerprint density at radius 1 is 1.04 bits per heavy atom. The average Bonchev–Trinajstić information content (AvgIpc) is 2.65. The van der Waals surface area contributed by atoms with E-state index in [1.54, 1.807) is 29.6 Å². The van der Waals surface area contributed by atoms with Crippen molar-refractivity contribution in [2.24, 2.45) is 10.2 Å². The highest BCUT2D eigenvalue weighted by Gasteiger charge is 2.18. The van der Waals surface area contributed by atoms with Gasteiger partial charge in [0.05, 0.1) is 23.8 Å². The summed E-state index contributed by atoms with van der Waals surface area (Å²) in [5.74, 6) is -1.65. The lowest BCUT2D eigenvalue weighted by atomic mass is 10.2. The molecule has 0 saturated carbocycles. The fraction of sp³-hybridized carbons (Fsp3) is 0.222. The van der Waals surface area contributed by atoms with E-state index in [4.69, 9.17) is 0 Å². The first-order valence-electron chi connectivity index (χ1n) is 8.28. The summed E-state index contributed by atoms with van der Waals surface area (Å²) in [6.07, 6.45) is -0.169. The molecule has 1 amide bonds. The molecule has 2 rings (SSSR count). The van der Waals surface area contributed by atoms with Crippen LogP contribution in [0.25, 0.3) is 0 Å². The lowest BCUT2D eigenvalue weighted by molar-refractivity contribution is -0.695. The summed E-state index contributed by atoms with van der Waals surface area (Å²) in [5, 5.41) is 23.5. The Morgan fingerprint density at radius 2 is 1.65 bits per heavy atom. The molecule has 0 spiro atoms. The molecule has 136 valence electrons. The molecule has 0 fully saturated rings. The third-order valence-corrected chi connectivity index (χ3v) is 3.55. The highest BCUT2D eigenvalue weighted by molar-refractivity contribution is 5.93. The van der Waals surface area contributed by atoms with Crippen LogP contribution in [-0.4, -0.2) is 31.0 Å². The Balaban J connectivity index is 1.90. The number of hydrogen-bond donors (Lipinski definition) is 3. The van der Waals surface area contributed by atoms with E-state index in [1.807, 2.05) is 30.3 Å². The number of nitrogens with two attached hydrogens (primary N) is 1. The van der Waals surface area contributed by atoms with Gasteiger partial charge in [0.25, 0.3) is 0 Å². The predicted molar refractivity (Wildman–Crippen MR) is 93.6 cm³/mol. The van der Waals surface area contributed by atoms with Gasteiger partial charge in [0.2, 0.25) is 5.91 Å². The van der Waals surface area contributed by atoms with Crippen molar-refractivity contribution in [3.05, 3.63) is 54.6 Å². The highest BCUT2D eigenvalue weighted by atomic mass is 16.4. The second-order valence-electron chi connectivity index (χ2n) is 5.64. The fourth-order valence-corrected chi connectivity index (χ4v) is 2.22. The average molecular weight is 356 g/mol. The number of carboxylic acids is 1. The van der Waals surface area contributed by atoms with Gasteiger partial charge < -0.3 is 26.3 Å². The van der Waals surface area contributed by atoms with Crippen LogP contribution in [0.5, 0.6) is 0 Å². The van der Waals surface area contributed by atoms with Gasteiger partial charge in [-0.3, -0.25) is 4.79 Å². The second-order valence-corrected chi connectivity index (χ2v) is 5.64. The summed E-state index contributed by atoms with van der Waals surface area (Å²) in [5.41, 5.74) is 5.59. The van der Waals surface area contributed by atoms with E-state index in [2.05, 4.69) is 21.3 Å². The molecule has 2 aromatic rings. The van der Waals surface area contributed by atoms with Crippen molar-refractivity contribution in [2.45, 2.75) is 12.5 Å². The maximum absolute atomic E-state index is 12.0. The number of carbonyl (C=O) groups is 2. The molecule has 2 aromatic carbocycles. The molecule has 0 aliphatic carbocycles. The maximum Gasteiger partial charge on any atom is 0.230 e. The number of quaternary nitrogens is 2. The van der Waals surface area contributed by atoms with Gasteiger partial charge in [-0.05, 0) is 36.4 Å². The summed E-state index contributed by atoms with van der Waals surface area (Å²) in [4.78, 5) is 23.1. The topological polar surface area (TPSA) is 138 Å². The lowest BCUT2D eigenvalue weighted by Crippen LogP contribution is -2.95. The third-order valence-electron chi connectivity index (χ3n) is 3.55. The molecule has 6 N–H and O–H groups in total. The number of nitrogens with one attached hydrogen (secondary N) is 1. The number of carbonyl (C=O) groups excluding carboxylic acids is 2. The molecular formula is C18H22N5O3+. The van der Waals surface area contributed by atoms with E-state index in [0.29, 0.717) is 24.5 Å². The number of carboxylic acid groups (broad SMARTS) is 1. The van der Waals surface area contributed by atoms with Crippen LogP contribution >= 0.6 is 0 Å². The lowest BCUT2D eigenvalue weighted by Gasteiger charge is -2.15. The van der Waals surface area contributed by atoms with Crippen LogP contribution in [-0.2, 0) is 9.59 Å². The van der Waals surface area contributed by atoms with Crippen molar-refractivity contribution in [1.82, 2.24) is 0 Å². The van der Waals surface area contributed by atoms with E-state index in [-0.39, 0.29) is 6.42 Å². The van der Waals surface area contributed by atoms with Gasteiger partial charge in [0.15, 0.2) is 0 Å². The van der Waals surface area contributed by atoms with Gasteiger partial charge >= 0.3 is 0 Å². The van der Waals surface area contributed by atoms with Crippen molar-refractivity contribution < 1.29 is 25.7 Å². The van der Waals surface area contributed by atoms with Crippen molar-refractivity contribution in [3.63, 3.8) is 0 Å². The molecule has 0 heterocycles. The molecule has 0 unspecified atom stereocenters. The molecular weight excluding hydrogens is 334 g/mol. The van der Waals surface area contributed by atoms with Crippen molar-refractivity contribution in [2.75, 3.05) is 18.4 Å². The quantitative estimate of drug-likeness (QED) is 0.515. The number of nitrogens with zero attached hydrogens (tertiary/aromatic N) is 2. The van der Waals surface area contributed by atoms with Gasteiger partial charge in [0.1, 0.15) is 19.1 Å². The van der Waals surface area contributed by atoms with Gasteiger partial charge in [-0.25, -0.2) is 0 Å². The minimum Gasteiger partial charge on any atom is -0.544 e. The largest absolute Gasteiger partial charge is 0.544 e. The normalized spacial score (nSPS) is 12.0. The maximum atomic E-state index is 12.0. The van der Waals surface area contributed by atoms with Crippen LogP contribution in [0, 0.1) is 0 Å². The van der Waals surface area contributed by atoms with Crippen molar-refractivity contribution in [3.8, 4) is 0 Å². The first-order valence-corrected chi connectivity index (χ1v) is 8.28. The SMILES string of the molecule is [NH3+]CC[NH2+][C@H](CC(=O)Nc1ccc(N=Nc2ccccc2)cc1)C(=O)[O-].